The van der Waals surface area contributed by atoms with Crippen LogP contribution in [0.3, 0.4) is 0 Å². The Morgan fingerprint density at radius 3 is 1.43 bits per heavy atom. The lowest BCUT2D eigenvalue weighted by Crippen LogP contribution is -2.21. The molecule has 0 unspecified atom stereocenters. The zero-order valence-electron chi connectivity index (χ0n) is 4.59. The number of hydrogen-bond donors (Lipinski definition) is 0. The van der Waals surface area contributed by atoms with Crippen LogP contribution in [0.4, 0.5) is 0 Å². The number of hydrogen-bond acceptors (Lipinski definition) is 0. The van der Waals surface area contributed by atoms with Crippen LogP contribution < -0.4 is 0 Å². The molecule has 0 aromatic carbocycles. The Bertz CT molecular complexity index is 41.4. The van der Waals surface area contributed by atoms with E-state index in [0.29, 0.717) is 0 Å². The van der Waals surface area contributed by atoms with Crippen molar-refractivity contribution in [2.75, 3.05) is 4.95 Å². The summed E-state index contributed by atoms with van der Waals surface area (Å²) in [7, 11) is -0.715. The first kappa shape index (κ1) is 11.3. The largest absolute Gasteiger partial charge is 0.316 e. The Labute approximate surface area is 71.4 Å². The summed E-state index contributed by atoms with van der Waals surface area (Å²) in [4.78, 5) is 1.22. The van der Waals surface area contributed by atoms with Crippen molar-refractivity contribution in [2.24, 2.45) is 0 Å². The van der Waals surface area contributed by atoms with Crippen molar-refractivity contribution >= 4 is 47.1 Å². The summed E-state index contributed by atoms with van der Waals surface area (Å²) < 4.78 is 0. The smallest absolute Gasteiger partial charge is 0.0962 e. The van der Waals surface area contributed by atoms with Crippen LogP contribution in [0, 0.1) is 0 Å². The van der Waals surface area contributed by atoms with Crippen LogP contribution in [0.5, 0.6) is 0 Å². The van der Waals surface area contributed by atoms with Crippen molar-refractivity contribution in [2.45, 2.75) is 19.6 Å². The third-order valence-electron chi connectivity index (χ3n) is 0.401. The van der Waals surface area contributed by atoms with E-state index in [9.17, 15) is 0 Å². The van der Waals surface area contributed by atoms with Crippen molar-refractivity contribution in [3.05, 3.63) is 0 Å². The zero-order chi connectivity index (χ0) is 5.21. The molecule has 0 nitrogen and oxygen atoms in total. The molecule has 0 aliphatic heterocycles. The van der Waals surface area contributed by atoms with Gasteiger partial charge in [0, 0.05) is 0 Å². The van der Waals surface area contributed by atoms with Gasteiger partial charge in [0.2, 0.25) is 0 Å². The minimum Gasteiger partial charge on any atom is -0.0962 e. The SMILES string of the molecule is C[Si](C)(C)CBr.[MgH2]. The first-order valence-corrected chi connectivity index (χ1v) is 6.95. The standard InChI is InChI=1S/C4H11BrSi.Mg.2H/c1-6(2,3)4-5;;;/h4H2,1-3H3;;;. The summed E-state index contributed by atoms with van der Waals surface area (Å²) in [5, 5.41) is 0. The fraction of sp³-hybridized carbons (Fsp3) is 1.00. The van der Waals surface area contributed by atoms with Gasteiger partial charge in [0.15, 0.2) is 0 Å². The van der Waals surface area contributed by atoms with Gasteiger partial charge < -0.3 is 0 Å². The van der Waals surface area contributed by atoms with E-state index in [2.05, 4.69) is 35.6 Å². The number of rotatable bonds is 1. The van der Waals surface area contributed by atoms with Gasteiger partial charge in [0.25, 0.3) is 0 Å². The minimum atomic E-state index is -0.715. The molecular weight excluding hydrogens is 180 g/mol. The molecule has 0 saturated carbocycles. The average Bonchev–Trinajstić information content (AvgIpc) is 1.35. The summed E-state index contributed by atoms with van der Waals surface area (Å²) in [6.07, 6.45) is 0. The molecule has 0 fully saturated rings. The van der Waals surface area contributed by atoms with Crippen molar-refractivity contribution in [1.29, 1.82) is 0 Å². The molecule has 0 rings (SSSR count). The van der Waals surface area contributed by atoms with Gasteiger partial charge in [-0.2, -0.15) is 0 Å². The molecule has 0 aromatic rings. The van der Waals surface area contributed by atoms with Gasteiger partial charge in [0.1, 0.15) is 0 Å². The highest BCUT2D eigenvalue weighted by molar-refractivity contribution is 9.09. The van der Waals surface area contributed by atoms with Crippen LogP contribution in [-0.2, 0) is 0 Å². The highest BCUT2D eigenvalue weighted by Gasteiger charge is 2.08. The predicted octanol–water partition coefficient (Wildman–Crippen LogP) is 1.34. The zero-order valence-corrected chi connectivity index (χ0v) is 7.17. The van der Waals surface area contributed by atoms with E-state index in [1.807, 2.05) is 0 Å². The lowest BCUT2D eigenvalue weighted by Gasteiger charge is -2.07. The second-order valence-corrected chi connectivity index (χ2v) is 9.77. The van der Waals surface area contributed by atoms with E-state index in [4.69, 9.17) is 0 Å². The maximum atomic E-state index is 3.43. The molecule has 3 heteroatoms. The topological polar surface area (TPSA) is 0 Å². The molecule has 0 bridgehead atoms. The molecule has 7 heavy (non-hydrogen) atoms. The molecule has 0 spiro atoms. The van der Waals surface area contributed by atoms with Crippen LogP contribution in [-0.4, -0.2) is 36.1 Å². The highest BCUT2D eigenvalue weighted by Crippen LogP contribution is 2.02. The van der Waals surface area contributed by atoms with E-state index in [0.717, 1.165) is 0 Å². The van der Waals surface area contributed by atoms with Gasteiger partial charge in [-0.05, 0) is 4.95 Å². The lowest BCUT2D eigenvalue weighted by atomic mass is 11.8. The summed E-state index contributed by atoms with van der Waals surface area (Å²) >= 11 is 3.43. The Kier molecular flexibility index (Phi) is 7.02. The fourth-order valence-electron chi connectivity index (χ4n) is 0. The molecule has 0 amide bonds. The van der Waals surface area contributed by atoms with Gasteiger partial charge in [-0.1, -0.05) is 35.6 Å². The summed E-state index contributed by atoms with van der Waals surface area (Å²) in [6, 6.07) is 0. The molecular formula is C4H13BrMgSi. The molecule has 0 atom stereocenters. The van der Waals surface area contributed by atoms with Gasteiger partial charge >= 0.3 is 23.1 Å². The average molecular weight is 193 g/mol. The van der Waals surface area contributed by atoms with Gasteiger partial charge in [-0.25, -0.2) is 0 Å². The molecule has 0 N–H and O–H groups in total. The maximum Gasteiger partial charge on any atom is 0.316 e. The number of halogens is 1. The Hall–Kier alpha value is 1.46. The van der Waals surface area contributed by atoms with E-state index in [-0.39, 0.29) is 23.1 Å². The van der Waals surface area contributed by atoms with Crippen LogP contribution in [0.1, 0.15) is 0 Å². The normalized spacial score (nSPS) is 10.3. The van der Waals surface area contributed by atoms with Crippen molar-refractivity contribution in [3.63, 3.8) is 0 Å². The van der Waals surface area contributed by atoms with Gasteiger partial charge in [0.05, 0.1) is 8.07 Å². The van der Waals surface area contributed by atoms with E-state index < -0.39 is 8.07 Å². The second-order valence-electron chi connectivity index (χ2n) is 2.69. The monoisotopic (exact) mass is 192 g/mol. The Balaban J connectivity index is 0. The van der Waals surface area contributed by atoms with E-state index >= 15 is 0 Å². The predicted molar refractivity (Wildman–Crippen MR) is 45.7 cm³/mol. The molecule has 0 aliphatic rings. The quantitative estimate of drug-likeness (QED) is 0.436. The summed E-state index contributed by atoms with van der Waals surface area (Å²) in [5.74, 6) is 0. The second kappa shape index (κ2) is 4.35. The highest BCUT2D eigenvalue weighted by atomic mass is 79.9. The molecule has 0 aliphatic carbocycles. The molecule has 0 aromatic heterocycles. The van der Waals surface area contributed by atoms with Crippen molar-refractivity contribution < 1.29 is 0 Å². The molecule has 0 saturated heterocycles. The Morgan fingerprint density at radius 1 is 1.29 bits per heavy atom. The van der Waals surface area contributed by atoms with E-state index in [1.165, 1.54) is 4.95 Å². The van der Waals surface area contributed by atoms with Crippen molar-refractivity contribution in [1.82, 2.24) is 0 Å². The summed E-state index contributed by atoms with van der Waals surface area (Å²) in [6.45, 7) is 7.01. The van der Waals surface area contributed by atoms with Crippen LogP contribution in [0.2, 0.25) is 19.6 Å². The van der Waals surface area contributed by atoms with Crippen LogP contribution in [0.15, 0.2) is 0 Å². The summed E-state index contributed by atoms with van der Waals surface area (Å²) in [5.41, 5.74) is 0. The van der Waals surface area contributed by atoms with Gasteiger partial charge in [-0.15, -0.1) is 0 Å². The third-order valence-corrected chi connectivity index (χ3v) is 6.25. The maximum absolute atomic E-state index is 3.43. The minimum absolute atomic E-state index is 0. The van der Waals surface area contributed by atoms with E-state index in [1.54, 1.807) is 0 Å². The van der Waals surface area contributed by atoms with Crippen LogP contribution >= 0.6 is 15.9 Å². The molecule has 42 valence electrons. The fourth-order valence-corrected chi connectivity index (χ4v) is 0. The number of alkyl halides is 1. The molecule has 0 heterocycles. The first-order valence-electron chi connectivity index (χ1n) is 2.12. The van der Waals surface area contributed by atoms with Crippen molar-refractivity contribution in [3.8, 4) is 0 Å². The first-order chi connectivity index (χ1) is 2.56. The molecule has 0 radical (unpaired) electrons. The van der Waals surface area contributed by atoms with Crippen LogP contribution in [0.25, 0.3) is 0 Å². The lowest BCUT2D eigenvalue weighted by molar-refractivity contribution is 1.69. The van der Waals surface area contributed by atoms with Gasteiger partial charge in [-0.3, -0.25) is 0 Å². The Morgan fingerprint density at radius 2 is 1.43 bits per heavy atom. The third kappa shape index (κ3) is 11.2.